The van der Waals surface area contributed by atoms with E-state index in [9.17, 15) is 4.79 Å². The van der Waals surface area contributed by atoms with Crippen molar-refractivity contribution in [3.63, 3.8) is 0 Å². The summed E-state index contributed by atoms with van der Waals surface area (Å²) in [4.78, 5) is 10.8. The summed E-state index contributed by atoms with van der Waals surface area (Å²) in [6.45, 7) is 7.14. The summed E-state index contributed by atoms with van der Waals surface area (Å²) >= 11 is 6.14. The van der Waals surface area contributed by atoms with E-state index >= 15 is 0 Å². The second-order valence-corrected chi connectivity index (χ2v) is 5.25. The van der Waals surface area contributed by atoms with Crippen molar-refractivity contribution in [1.82, 2.24) is 5.32 Å². The first-order valence-electron chi connectivity index (χ1n) is 6.29. The third kappa shape index (κ3) is 5.09. The number of nitrogens with one attached hydrogen (secondary N) is 1. The molecule has 1 aromatic rings. The maximum absolute atomic E-state index is 10.8. The van der Waals surface area contributed by atoms with E-state index < -0.39 is 12.1 Å². The van der Waals surface area contributed by atoms with Crippen LogP contribution in [0.1, 0.15) is 26.3 Å². The highest BCUT2D eigenvalue weighted by molar-refractivity contribution is 6.31. The zero-order chi connectivity index (χ0) is 14.4. The van der Waals surface area contributed by atoms with Crippen molar-refractivity contribution in [2.75, 3.05) is 6.54 Å². The smallest absolute Gasteiger partial charge is 0.344 e. The highest BCUT2D eigenvalue weighted by Gasteiger charge is 2.16. The van der Waals surface area contributed by atoms with Crippen LogP contribution >= 0.6 is 11.6 Å². The van der Waals surface area contributed by atoms with Crippen molar-refractivity contribution in [1.29, 1.82) is 0 Å². The predicted octanol–water partition coefficient (Wildman–Crippen LogP) is 2.94. The SMILES string of the molecule is CC(C)CNCc1c(Cl)cccc1OC(C)C(=O)O. The number of carboxylic acids is 1. The number of aliphatic carboxylic acids is 1. The Morgan fingerprint density at radius 1 is 1.42 bits per heavy atom. The zero-order valence-corrected chi connectivity index (χ0v) is 12.2. The van der Waals surface area contributed by atoms with Gasteiger partial charge in [-0.1, -0.05) is 31.5 Å². The molecule has 0 heterocycles. The lowest BCUT2D eigenvalue weighted by Crippen LogP contribution is -2.25. The Morgan fingerprint density at radius 2 is 2.11 bits per heavy atom. The van der Waals surface area contributed by atoms with Gasteiger partial charge in [-0.15, -0.1) is 0 Å². The highest BCUT2D eigenvalue weighted by atomic mass is 35.5. The zero-order valence-electron chi connectivity index (χ0n) is 11.4. The molecule has 1 atom stereocenters. The summed E-state index contributed by atoms with van der Waals surface area (Å²) in [5, 5.41) is 12.7. The molecule has 106 valence electrons. The molecule has 0 aromatic heterocycles. The van der Waals surface area contributed by atoms with Crippen molar-refractivity contribution in [3.8, 4) is 5.75 Å². The van der Waals surface area contributed by atoms with Crippen molar-refractivity contribution in [2.24, 2.45) is 5.92 Å². The van der Waals surface area contributed by atoms with E-state index in [0.29, 0.717) is 23.2 Å². The first kappa shape index (κ1) is 15.8. The van der Waals surface area contributed by atoms with Gasteiger partial charge in [0.15, 0.2) is 6.10 Å². The first-order chi connectivity index (χ1) is 8.91. The van der Waals surface area contributed by atoms with Gasteiger partial charge in [0.25, 0.3) is 0 Å². The third-order valence-corrected chi connectivity index (χ3v) is 2.94. The van der Waals surface area contributed by atoms with E-state index in [-0.39, 0.29) is 0 Å². The number of hydrogen-bond acceptors (Lipinski definition) is 3. The average Bonchev–Trinajstić information content (AvgIpc) is 2.32. The molecule has 0 saturated heterocycles. The van der Waals surface area contributed by atoms with Gasteiger partial charge in [0, 0.05) is 17.1 Å². The van der Waals surface area contributed by atoms with Crippen LogP contribution in [0.3, 0.4) is 0 Å². The number of benzene rings is 1. The summed E-state index contributed by atoms with van der Waals surface area (Å²) < 4.78 is 5.42. The van der Waals surface area contributed by atoms with Gasteiger partial charge in [0.1, 0.15) is 5.75 Å². The van der Waals surface area contributed by atoms with Crippen LogP contribution in [0.2, 0.25) is 5.02 Å². The molecule has 0 spiro atoms. The molecule has 0 aliphatic carbocycles. The fraction of sp³-hybridized carbons (Fsp3) is 0.500. The highest BCUT2D eigenvalue weighted by Crippen LogP contribution is 2.27. The molecule has 1 aromatic carbocycles. The van der Waals surface area contributed by atoms with E-state index in [1.807, 2.05) is 0 Å². The Labute approximate surface area is 118 Å². The number of rotatable bonds is 7. The van der Waals surface area contributed by atoms with Crippen LogP contribution in [0, 0.1) is 5.92 Å². The Hall–Kier alpha value is -1.26. The number of halogens is 1. The molecule has 5 heteroatoms. The predicted molar refractivity (Wildman–Crippen MR) is 75.7 cm³/mol. The van der Waals surface area contributed by atoms with Gasteiger partial charge in [-0.3, -0.25) is 0 Å². The summed E-state index contributed by atoms with van der Waals surface area (Å²) in [5.41, 5.74) is 0.790. The lowest BCUT2D eigenvalue weighted by atomic mass is 10.1. The summed E-state index contributed by atoms with van der Waals surface area (Å²) in [5.74, 6) is 0.0459. The molecule has 0 saturated carbocycles. The molecule has 4 nitrogen and oxygen atoms in total. The van der Waals surface area contributed by atoms with Crippen molar-refractivity contribution >= 4 is 17.6 Å². The van der Waals surface area contributed by atoms with Gasteiger partial charge >= 0.3 is 5.97 Å². The van der Waals surface area contributed by atoms with Crippen LogP contribution < -0.4 is 10.1 Å². The van der Waals surface area contributed by atoms with E-state index in [2.05, 4.69) is 19.2 Å². The van der Waals surface area contributed by atoms with Crippen molar-refractivity contribution in [3.05, 3.63) is 28.8 Å². The van der Waals surface area contributed by atoms with Crippen LogP contribution in [-0.4, -0.2) is 23.7 Å². The van der Waals surface area contributed by atoms with Crippen LogP contribution in [0.25, 0.3) is 0 Å². The Kier molecular flexibility index (Phi) is 6.12. The molecule has 1 unspecified atom stereocenters. The van der Waals surface area contributed by atoms with Crippen molar-refractivity contribution < 1.29 is 14.6 Å². The topological polar surface area (TPSA) is 58.6 Å². The molecule has 19 heavy (non-hydrogen) atoms. The van der Waals surface area contributed by atoms with Crippen LogP contribution in [0.5, 0.6) is 5.75 Å². The lowest BCUT2D eigenvalue weighted by Gasteiger charge is -2.16. The lowest BCUT2D eigenvalue weighted by molar-refractivity contribution is -0.144. The summed E-state index contributed by atoms with van der Waals surface area (Å²) in [6, 6.07) is 5.25. The van der Waals surface area contributed by atoms with Crippen molar-refractivity contribution in [2.45, 2.75) is 33.4 Å². The molecule has 0 amide bonds. The van der Waals surface area contributed by atoms with E-state index in [4.69, 9.17) is 21.4 Å². The minimum atomic E-state index is -0.999. The molecule has 0 aliphatic rings. The largest absolute Gasteiger partial charge is 0.479 e. The quantitative estimate of drug-likeness (QED) is 0.809. The molecule has 0 bridgehead atoms. The Morgan fingerprint density at radius 3 is 2.68 bits per heavy atom. The first-order valence-corrected chi connectivity index (χ1v) is 6.67. The Bertz CT molecular complexity index is 435. The van der Waals surface area contributed by atoms with Gasteiger partial charge in [-0.2, -0.15) is 0 Å². The van der Waals surface area contributed by atoms with E-state index in [1.54, 1.807) is 18.2 Å². The molecular formula is C14H20ClNO3. The molecule has 0 radical (unpaired) electrons. The molecule has 2 N–H and O–H groups in total. The third-order valence-electron chi connectivity index (χ3n) is 2.58. The molecular weight excluding hydrogens is 266 g/mol. The molecule has 0 aliphatic heterocycles. The maximum atomic E-state index is 10.8. The second-order valence-electron chi connectivity index (χ2n) is 4.84. The molecule has 0 fully saturated rings. The standard InChI is InChI=1S/C14H20ClNO3/c1-9(2)7-16-8-11-12(15)5-4-6-13(11)19-10(3)14(17)18/h4-6,9-10,16H,7-8H2,1-3H3,(H,17,18). The number of carbonyl (C=O) groups is 1. The van der Waals surface area contributed by atoms with Crippen LogP contribution in [0.15, 0.2) is 18.2 Å². The normalized spacial score (nSPS) is 12.5. The molecule has 1 rings (SSSR count). The minimum absolute atomic E-state index is 0.513. The van der Waals surface area contributed by atoms with E-state index in [1.165, 1.54) is 6.92 Å². The Balaban J connectivity index is 2.80. The number of hydrogen-bond donors (Lipinski definition) is 2. The number of ether oxygens (including phenoxy) is 1. The minimum Gasteiger partial charge on any atom is -0.479 e. The summed E-state index contributed by atoms with van der Waals surface area (Å²) in [6.07, 6.45) is -0.901. The van der Waals surface area contributed by atoms with Gasteiger partial charge < -0.3 is 15.2 Å². The van der Waals surface area contributed by atoms with Gasteiger partial charge in [0.05, 0.1) is 0 Å². The van der Waals surface area contributed by atoms with Gasteiger partial charge in [-0.05, 0) is 31.5 Å². The fourth-order valence-corrected chi connectivity index (χ4v) is 1.78. The van der Waals surface area contributed by atoms with Crippen LogP contribution in [0.4, 0.5) is 0 Å². The number of carboxylic acid groups (broad SMARTS) is 1. The van der Waals surface area contributed by atoms with E-state index in [0.717, 1.165) is 12.1 Å². The monoisotopic (exact) mass is 285 g/mol. The van der Waals surface area contributed by atoms with Gasteiger partial charge in [0.2, 0.25) is 0 Å². The van der Waals surface area contributed by atoms with Gasteiger partial charge in [-0.25, -0.2) is 4.79 Å². The average molecular weight is 286 g/mol. The summed E-state index contributed by atoms with van der Waals surface area (Å²) in [7, 11) is 0. The maximum Gasteiger partial charge on any atom is 0.344 e. The van der Waals surface area contributed by atoms with Crippen LogP contribution in [-0.2, 0) is 11.3 Å². The fourth-order valence-electron chi connectivity index (χ4n) is 1.55. The second kappa shape index (κ2) is 7.36.